The van der Waals surface area contributed by atoms with Crippen molar-refractivity contribution in [1.82, 2.24) is 9.36 Å². The highest BCUT2D eigenvalue weighted by molar-refractivity contribution is 7.09. The summed E-state index contributed by atoms with van der Waals surface area (Å²) in [5.74, 6) is 0.919. The third-order valence-corrected chi connectivity index (χ3v) is 2.10. The van der Waals surface area contributed by atoms with E-state index in [-0.39, 0.29) is 0 Å². The van der Waals surface area contributed by atoms with Crippen molar-refractivity contribution in [3.63, 3.8) is 0 Å². The minimum absolute atomic E-state index is 0.828. The molecule has 1 N–H and O–H groups in total. The molecule has 0 saturated heterocycles. The molecule has 4 heteroatoms. The number of allylic oxidation sites excluding steroid dienone is 1. The van der Waals surface area contributed by atoms with Crippen LogP contribution in [0.3, 0.4) is 0 Å². The smallest absolute Gasteiger partial charge is 0.202 e. The van der Waals surface area contributed by atoms with E-state index in [1.165, 1.54) is 11.5 Å². The van der Waals surface area contributed by atoms with Crippen molar-refractivity contribution in [3.8, 4) is 0 Å². The fourth-order valence-corrected chi connectivity index (χ4v) is 1.39. The van der Waals surface area contributed by atoms with E-state index in [4.69, 9.17) is 0 Å². The average molecular weight is 183 g/mol. The molecule has 0 radical (unpaired) electrons. The van der Waals surface area contributed by atoms with E-state index < -0.39 is 0 Å². The molecule has 1 aromatic rings. The number of nitrogens with zero attached hydrogens (tertiary/aromatic N) is 2. The molecule has 0 atom stereocenters. The number of hydrogen-bond donors (Lipinski definition) is 1. The molecule has 0 bridgehead atoms. The monoisotopic (exact) mass is 183 g/mol. The van der Waals surface area contributed by atoms with Gasteiger partial charge in [0.2, 0.25) is 5.13 Å². The van der Waals surface area contributed by atoms with E-state index in [0.29, 0.717) is 0 Å². The van der Waals surface area contributed by atoms with E-state index in [2.05, 4.69) is 21.6 Å². The van der Waals surface area contributed by atoms with Gasteiger partial charge in [-0.15, -0.1) is 0 Å². The third-order valence-electron chi connectivity index (χ3n) is 1.39. The van der Waals surface area contributed by atoms with Crippen LogP contribution < -0.4 is 5.32 Å². The van der Waals surface area contributed by atoms with Gasteiger partial charge in [0, 0.05) is 24.5 Å². The molecule has 12 heavy (non-hydrogen) atoms. The first kappa shape index (κ1) is 9.19. The molecule has 1 heterocycles. The van der Waals surface area contributed by atoms with Gasteiger partial charge in [0.15, 0.2) is 0 Å². The van der Waals surface area contributed by atoms with Gasteiger partial charge in [-0.05, 0) is 6.92 Å². The highest BCUT2D eigenvalue weighted by Crippen LogP contribution is 2.10. The average Bonchev–Trinajstić information content (AvgIpc) is 2.53. The van der Waals surface area contributed by atoms with Crippen LogP contribution in [0.15, 0.2) is 12.2 Å². The lowest BCUT2D eigenvalue weighted by Gasteiger charge is -1.93. The number of anilines is 1. The van der Waals surface area contributed by atoms with Crippen molar-refractivity contribution in [2.24, 2.45) is 0 Å². The fraction of sp³-hybridized carbons (Fsp3) is 0.500. The Kier molecular flexibility index (Phi) is 3.73. The van der Waals surface area contributed by atoms with Gasteiger partial charge in [0.1, 0.15) is 5.82 Å². The first-order chi connectivity index (χ1) is 5.86. The molecule has 0 unspecified atom stereocenters. The van der Waals surface area contributed by atoms with Crippen molar-refractivity contribution in [2.45, 2.75) is 20.3 Å². The molecule has 1 rings (SSSR count). The Bertz CT molecular complexity index is 255. The second-order valence-corrected chi connectivity index (χ2v) is 3.07. The van der Waals surface area contributed by atoms with E-state index in [1.54, 1.807) is 0 Å². The van der Waals surface area contributed by atoms with Crippen LogP contribution in [-0.2, 0) is 6.42 Å². The lowest BCUT2D eigenvalue weighted by atomic mass is 10.5. The maximum Gasteiger partial charge on any atom is 0.202 e. The van der Waals surface area contributed by atoms with Gasteiger partial charge in [-0.1, -0.05) is 19.1 Å². The van der Waals surface area contributed by atoms with Gasteiger partial charge >= 0.3 is 0 Å². The van der Waals surface area contributed by atoms with Crippen molar-refractivity contribution >= 4 is 16.7 Å². The molecular weight excluding hydrogens is 170 g/mol. The maximum absolute atomic E-state index is 4.26. The van der Waals surface area contributed by atoms with Gasteiger partial charge in [-0.3, -0.25) is 0 Å². The van der Waals surface area contributed by atoms with Crippen molar-refractivity contribution in [2.75, 3.05) is 11.9 Å². The first-order valence-electron chi connectivity index (χ1n) is 4.04. The zero-order valence-corrected chi connectivity index (χ0v) is 8.19. The second-order valence-electron chi connectivity index (χ2n) is 2.32. The molecule has 66 valence electrons. The lowest BCUT2D eigenvalue weighted by molar-refractivity contribution is 0.998. The number of aryl methyl sites for hydroxylation is 1. The molecule has 0 aliphatic rings. The van der Waals surface area contributed by atoms with E-state index in [9.17, 15) is 0 Å². The standard InChI is InChI=1S/C8H13N3S/c1-3-5-6-9-8-10-7(4-2)11-12-8/h3,5H,4,6H2,1-2H3,(H,9,10,11)/b5-3+. The fourth-order valence-electron chi connectivity index (χ4n) is 0.733. The number of hydrogen-bond acceptors (Lipinski definition) is 4. The van der Waals surface area contributed by atoms with Crippen molar-refractivity contribution < 1.29 is 0 Å². The van der Waals surface area contributed by atoms with E-state index in [1.807, 2.05) is 19.1 Å². The molecule has 0 saturated carbocycles. The quantitative estimate of drug-likeness (QED) is 0.726. The van der Waals surface area contributed by atoms with Crippen LogP contribution in [0.1, 0.15) is 19.7 Å². The number of aromatic nitrogens is 2. The molecule has 0 fully saturated rings. The minimum atomic E-state index is 0.828. The Morgan fingerprint density at radius 2 is 2.42 bits per heavy atom. The Balaban J connectivity index is 2.41. The van der Waals surface area contributed by atoms with Crippen LogP contribution in [0.4, 0.5) is 5.13 Å². The minimum Gasteiger partial charge on any atom is -0.357 e. The van der Waals surface area contributed by atoms with Gasteiger partial charge in [0.05, 0.1) is 0 Å². The second kappa shape index (κ2) is 4.87. The zero-order valence-electron chi connectivity index (χ0n) is 7.37. The van der Waals surface area contributed by atoms with Gasteiger partial charge in [-0.25, -0.2) is 4.98 Å². The predicted octanol–water partition coefficient (Wildman–Crippen LogP) is 2.09. The summed E-state index contributed by atoms with van der Waals surface area (Å²) in [6.45, 7) is 4.88. The van der Waals surface area contributed by atoms with Crippen LogP contribution >= 0.6 is 11.5 Å². The molecule has 0 aromatic carbocycles. The third kappa shape index (κ3) is 2.62. The Labute approximate surface area is 76.7 Å². The summed E-state index contributed by atoms with van der Waals surface area (Å²) in [6, 6.07) is 0. The predicted molar refractivity (Wildman–Crippen MR) is 52.6 cm³/mol. The molecule has 3 nitrogen and oxygen atoms in total. The Hall–Kier alpha value is -0.900. The first-order valence-corrected chi connectivity index (χ1v) is 4.81. The summed E-state index contributed by atoms with van der Waals surface area (Å²) < 4.78 is 4.16. The SMILES string of the molecule is C/C=C/CNc1nc(CC)ns1. The highest BCUT2D eigenvalue weighted by Gasteiger charge is 1.98. The summed E-state index contributed by atoms with van der Waals surface area (Å²) in [5, 5.41) is 4.07. The molecule has 0 amide bonds. The van der Waals surface area contributed by atoms with Gasteiger partial charge in [0.25, 0.3) is 0 Å². The summed E-state index contributed by atoms with van der Waals surface area (Å²) in [5.41, 5.74) is 0. The van der Waals surface area contributed by atoms with Crippen LogP contribution in [0.5, 0.6) is 0 Å². The Morgan fingerprint density at radius 1 is 1.58 bits per heavy atom. The molecule has 0 aliphatic heterocycles. The van der Waals surface area contributed by atoms with E-state index in [0.717, 1.165) is 23.9 Å². The van der Waals surface area contributed by atoms with Crippen LogP contribution in [0.25, 0.3) is 0 Å². The molecule has 0 aliphatic carbocycles. The number of nitrogens with one attached hydrogen (secondary N) is 1. The van der Waals surface area contributed by atoms with Crippen molar-refractivity contribution in [1.29, 1.82) is 0 Å². The van der Waals surface area contributed by atoms with Crippen LogP contribution in [0.2, 0.25) is 0 Å². The maximum atomic E-state index is 4.26. The lowest BCUT2D eigenvalue weighted by Crippen LogP contribution is -1.97. The molecular formula is C8H13N3S. The summed E-state index contributed by atoms with van der Waals surface area (Å²) in [6.07, 6.45) is 4.96. The summed E-state index contributed by atoms with van der Waals surface area (Å²) >= 11 is 1.42. The van der Waals surface area contributed by atoms with Gasteiger partial charge in [-0.2, -0.15) is 4.37 Å². The topological polar surface area (TPSA) is 37.8 Å². The summed E-state index contributed by atoms with van der Waals surface area (Å²) in [4.78, 5) is 4.26. The van der Waals surface area contributed by atoms with Crippen LogP contribution in [0, 0.1) is 0 Å². The molecule has 1 aromatic heterocycles. The molecule has 0 spiro atoms. The Morgan fingerprint density at radius 3 is 3.00 bits per heavy atom. The zero-order chi connectivity index (χ0) is 8.81. The van der Waals surface area contributed by atoms with Crippen molar-refractivity contribution in [3.05, 3.63) is 18.0 Å². The normalized spacial score (nSPS) is 10.8. The number of rotatable bonds is 4. The van der Waals surface area contributed by atoms with E-state index >= 15 is 0 Å². The highest BCUT2D eigenvalue weighted by atomic mass is 32.1. The largest absolute Gasteiger partial charge is 0.357 e. The summed E-state index contributed by atoms with van der Waals surface area (Å²) in [7, 11) is 0. The van der Waals surface area contributed by atoms with Gasteiger partial charge < -0.3 is 5.32 Å². The van der Waals surface area contributed by atoms with Crippen LogP contribution in [-0.4, -0.2) is 15.9 Å².